The van der Waals surface area contributed by atoms with Crippen molar-refractivity contribution in [3.05, 3.63) is 66.7 Å². The molecule has 138 valence electrons. The van der Waals surface area contributed by atoms with Crippen molar-refractivity contribution in [2.24, 2.45) is 0 Å². The standard InChI is InChI=1S/C20H20N4O3/c1-24(15-8-4-3-5-9-15)19-13-12-18(22-23-19)21-20(25)14-27-17-11-7-6-10-16(17)26-2/h3-13H,14H2,1-2H3,(H,21,22,25). The van der Waals surface area contributed by atoms with Crippen LogP contribution in [0.15, 0.2) is 66.7 Å². The van der Waals surface area contributed by atoms with Crippen LogP contribution in [-0.2, 0) is 4.79 Å². The van der Waals surface area contributed by atoms with Gasteiger partial charge in [-0.2, -0.15) is 0 Å². The Labute approximate surface area is 157 Å². The van der Waals surface area contributed by atoms with E-state index < -0.39 is 0 Å². The Balaban J connectivity index is 1.57. The van der Waals surface area contributed by atoms with E-state index in [1.165, 1.54) is 0 Å². The Morgan fingerprint density at radius 2 is 1.67 bits per heavy atom. The van der Waals surface area contributed by atoms with Crippen LogP contribution in [0.1, 0.15) is 0 Å². The first-order chi connectivity index (χ1) is 13.2. The number of para-hydroxylation sites is 3. The Bertz CT molecular complexity index is 885. The molecule has 0 atom stereocenters. The minimum atomic E-state index is -0.334. The number of hydrogen-bond donors (Lipinski definition) is 1. The molecule has 27 heavy (non-hydrogen) atoms. The second-order valence-electron chi connectivity index (χ2n) is 5.66. The molecule has 0 unspecified atom stereocenters. The molecule has 0 aliphatic carbocycles. The van der Waals surface area contributed by atoms with Crippen LogP contribution < -0.4 is 19.7 Å². The molecule has 1 aromatic heterocycles. The van der Waals surface area contributed by atoms with Gasteiger partial charge in [-0.1, -0.05) is 30.3 Å². The number of anilines is 3. The third-order valence-corrected chi connectivity index (χ3v) is 3.83. The minimum absolute atomic E-state index is 0.159. The molecule has 1 heterocycles. The molecular weight excluding hydrogens is 344 g/mol. The number of rotatable bonds is 7. The maximum Gasteiger partial charge on any atom is 0.263 e. The van der Waals surface area contributed by atoms with Gasteiger partial charge in [0.1, 0.15) is 0 Å². The Morgan fingerprint density at radius 1 is 0.963 bits per heavy atom. The smallest absolute Gasteiger partial charge is 0.263 e. The molecule has 3 rings (SSSR count). The molecule has 0 saturated heterocycles. The number of aromatic nitrogens is 2. The Morgan fingerprint density at radius 3 is 2.33 bits per heavy atom. The van der Waals surface area contributed by atoms with E-state index >= 15 is 0 Å². The van der Waals surface area contributed by atoms with E-state index in [2.05, 4.69) is 15.5 Å². The topological polar surface area (TPSA) is 76.6 Å². The number of benzene rings is 2. The zero-order chi connectivity index (χ0) is 19.1. The summed E-state index contributed by atoms with van der Waals surface area (Å²) in [6, 6.07) is 20.4. The van der Waals surface area contributed by atoms with Gasteiger partial charge in [0.15, 0.2) is 29.7 Å². The van der Waals surface area contributed by atoms with Crippen molar-refractivity contribution in [1.82, 2.24) is 10.2 Å². The average molecular weight is 364 g/mol. The molecule has 0 aliphatic heterocycles. The maximum absolute atomic E-state index is 12.1. The molecule has 0 fully saturated rings. The second-order valence-corrected chi connectivity index (χ2v) is 5.66. The van der Waals surface area contributed by atoms with Crippen LogP contribution in [-0.4, -0.2) is 36.9 Å². The van der Waals surface area contributed by atoms with Crippen LogP contribution in [0, 0.1) is 0 Å². The fraction of sp³-hybridized carbons (Fsp3) is 0.150. The van der Waals surface area contributed by atoms with E-state index in [-0.39, 0.29) is 12.5 Å². The summed E-state index contributed by atoms with van der Waals surface area (Å²) in [6.45, 7) is -0.159. The SMILES string of the molecule is COc1ccccc1OCC(=O)Nc1ccc(N(C)c2ccccc2)nn1. The number of methoxy groups -OCH3 is 1. The van der Waals surface area contributed by atoms with Crippen molar-refractivity contribution in [2.75, 3.05) is 31.0 Å². The summed E-state index contributed by atoms with van der Waals surface area (Å²) in [6.07, 6.45) is 0. The van der Waals surface area contributed by atoms with Crippen LogP contribution in [0.2, 0.25) is 0 Å². The lowest BCUT2D eigenvalue weighted by Gasteiger charge is -2.17. The van der Waals surface area contributed by atoms with Gasteiger partial charge in [-0.25, -0.2) is 0 Å². The number of hydrogen-bond acceptors (Lipinski definition) is 6. The molecule has 7 heteroatoms. The first-order valence-electron chi connectivity index (χ1n) is 8.35. The molecule has 1 amide bonds. The highest BCUT2D eigenvalue weighted by atomic mass is 16.5. The molecule has 7 nitrogen and oxygen atoms in total. The number of ether oxygens (including phenoxy) is 2. The van der Waals surface area contributed by atoms with E-state index in [9.17, 15) is 4.79 Å². The molecule has 3 aromatic rings. The van der Waals surface area contributed by atoms with Crippen molar-refractivity contribution in [1.29, 1.82) is 0 Å². The highest BCUT2D eigenvalue weighted by molar-refractivity contribution is 5.91. The lowest BCUT2D eigenvalue weighted by Crippen LogP contribution is -2.21. The predicted octanol–water partition coefficient (Wildman–Crippen LogP) is 3.27. The van der Waals surface area contributed by atoms with Crippen molar-refractivity contribution >= 4 is 23.2 Å². The van der Waals surface area contributed by atoms with Crippen LogP contribution in [0.25, 0.3) is 0 Å². The largest absolute Gasteiger partial charge is 0.493 e. The maximum atomic E-state index is 12.1. The molecular formula is C20H20N4O3. The van der Waals surface area contributed by atoms with E-state index in [0.717, 1.165) is 5.69 Å². The third-order valence-electron chi connectivity index (χ3n) is 3.83. The van der Waals surface area contributed by atoms with Crippen molar-refractivity contribution in [3.8, 4) is 11.5 Å². The minimum Gasteiger partial charge on any atom is -0.493 e. The molecule has 0 aliphatic rings. The number of carbonyl (C=O) groups is 1. The summed E-state index contributed by atoms with van der Waals surface area (Å²) >= 11 is 0. The van der Waals surface area contributed by atoms with Gasteiger partial charge in [0.25, 0.3) is 5.91 Å². The van der Waals surface area contributed by atoms with E-state index in [0.29, 0.717) is 23.1 Å². The van der Waals surface area contributed by atoms with Crippen molar-refractivity contribution < 1.29 is 14.3 Å². The second kappa shape index (κ2) is 8.66. The Kier molecular flexibility index (Phi) is 5.84. The normalized spacial score (nSPS) is 10.1. The molecule has 2 aromatic carbocycles. The fourth-order valence-corrected chi connectivity index (χ4v) is 2.41. The van der Waals surface area contributed by atoms with Gasteiger partial charge in [-0.15, -0.1) is 10.2 Å². The summed E-state index contributed by atoms with van der Waals surface area (Å²) in [5.74, 6) is 1.76. The molecule has 0 bridgehead atoms. The van der Waals surface area contributed by atoms with Crippen molar-refractivity contribution in [3.63, 3.8) is 0 Å². The number of nitrogens with zero attached hydrogens (tertiary/aromatic N) is 3. The summed E-state index contributed by atoms with van der Waals surface area (Å²) in [4.78, 5) is 14.0. The zero-order valence-electron chi connectivity index (χ0n) is 15.1. The summed E-state index contributed by atoms with van der Waals surface area (Å²) in [5.41, 5.74) is 0.994. The first-order valence-corrected chi connectivity index (χ1v) is 8.35. The fourth-order valence-electron chi connectivity index (χ4n) is 2.41. The van der Waals surface area contributed by atoms with Crippen molar-refractivity contribution in [2.45, 2.75) is 0 Å². The summed E-state index contributed by atoms with van der Waals surface area (Å²) in [5, 5.41) is 10.9. The van der Waals surface area contributed by atoms with Gasteiger partial charge in [0.2, 0.25) is 0 Å². The average Bonchev–Trinajstić information content (AvgIpc) is 2.73. The monoisotopic (exact) mass is 364 g/mol. The van der Waals surface area contributed by atoms with E-state index in [4.69, 9.17) is 9.47 Å². The molecule has 0 saturated carbocycles. The molecule has 0 radical (unpaired) electrons. The summed E-state index contributed by atoms with van der Waals surface area (Å²) < 4.78 is 10.7. The van der Waals surface area contributed by atoms with Gasteiger partial charge in [-0.05, 0) is 36.4 Å². The third kappa shape index (κ3) is 4.72. The van der Waals surface area contributed by atoms with Crippen LogP contribution >= 0.6 is 0 Å². The number of amides is 1. The van der Waals surface area contributed by atoms with E-state index in [1.807, 2.05) is 54.4 Å². The van der Waals surface area contributed by atoms with Crippen LogP contribution in [0.4, 0.5) is 17.3 Å². The lowest BCUT2D eigenvalue weighted by atomic mass is 10.3. The first kappa shape index (κ1) is 18.2. The number of nitrogens with one attached hydrogen (secondary N) is 1. The van der Waals surface area contributed by atoms with Crippen LogP contribution in [0.5, 0.6) is 11.5 Å². The van der Waals surface area contributed by atoms with Gasteiger partial charge in [-0.3, -0.25) is 4.79 Å². The predicted molar refractivity (Wildman–Crippen MR) is 104 cm³/mol. The quantitative estimate of drug-likeness (QED) is 0.693. The van der Waals surface area contributed by atoms with Crippen LogP contribution in [0.3, 0.4) is 0 Å². The van der Waals surface area contributed by atoms with Gasteiger partial charge in [0.05, 0.1) is 7.11 Å². The Hall–Kier alpha value is -3.61. The highest BCUT2D eigenvalue weighted by Gasteiger charge is 2.10. The van der Waals surface area contributed by atoms with Gasteiger partial charge < -0.3 is 19.7 Å². The zero-order valence-corrected chi connectivity index (χ0v) is 15.1. The molecule has 0 spiro atoms. The lowest BCUT2D eigenvalue weighted by molar-refractivity contribution is -0.118. The van der Waals surface area contributed by atoms with Gasteiger partial charge in [0, 0.05) is 12.7 Å². The van der Waals surface area contributed by atoms with Gasteiger partial charge >= 0.3 is 0 Å². The highest BCUT2D eigenvalue weighted by Crippen LogP contribution is 2.25. The summed E-state index contributed by atoms with van der Waals surface area (Å²) in [7, 11) is 3.45. The molecule has 1 N–H and O–H groups in total. The van der Waals surface area contributed by atoms with E-state index in [1.54, 1.807) is 31.4 Å². The number of carbonyl (C=O) groups excluding carboxylic acids is 1.